The maximum atomic E-state index is 13.0. The van der Waals surface area contributed by atoms with Crippen LogP contribution in [0.25, 0.3) is 0 Å². The molecule has 0 aliphatic rings. The van der Waals surface area contributed by atoms with Gasteiger partial charge in [-0.2, -0.15) is 26.3 Å². The number of aromatic nitrogens is 1. The van der Waals surface area contributed by atoms with Crippen LogP contribution in [-0.4, -0.2) is 22.2 Å². The number of hydrogen-bond donors (Lipinski definition) is 3. The van der Waals surface area contributed by atoms with Crippen molar-refractivity contribution in [2.75, 3.05) is 5.32 Å². The van der Waals surface area contributed by atoms with E-state index in [1.54, 1.807) is 25.1 Å². The molecule has 2 rings (SSSR count). The van der Waals surface area contributed by atoms with Crippen molar-refractivity contribution < 1.29 is 36.2 Å². The summed E-state index contributed by atoms with van der Waals surface area (Å²) in [6, 6.07) is 7.05. The van der Waals surface area contributed by atoms with E-state index in [1.165, 1.54) is 12.3 Å². The highest BCUT2D eigenvalue weighted by molar-refractivity contribution is 9.10. The molecule has 0 saturated carbocycles. The van der Waals surface area contributed by atoms with E-state index in [-0.39, 0.29) is 11.7 Å². The van der Waals surface area contributed by atoms with Crippen LogP contribution < -0.4 is 11.1 Å². The second kappa shape index (κ2) is 9.24. The Labute approximate surface area is 163 Å². The predicted molar refractivity (Wildman–Crippen MR) is 93.0 cm³/mol. The summed E-state index contributed by atoms with van der Waals surface area (Å²) in [4.78, 5) is 13.0. The van der Waals surface area contributed by atoms with Crippen molar-refractivity contribution >= 4 is 33.3 Å². The Morgan fingerprint density at radius 1 is 1.18 bits per heavy atom. The maximum absolute atomic E-state index is 13.0. The van der Waals surface area contributed by atoms with E-state index in [4.69, 9.17) is 15.6 Å². The van der Waals surface area contributed by atoms with Crippen LogP contribution in [0, 0.1) is 0 Å². The van der Waals surface area contributed by atoms with E-state index in [0.29, 0.717) is 15.9 Å². The minimum absolute atomic E-state index is 0.0268. The molecule has 4 N–H and O–H groups in total. The van der Waals surface area contributed by atoms with Crippen molar-refractivity contribution in [2.45, 2.75) is 25.3 Å². The normalized spacial score (nSPS) is 12.6. The Bertz CT molecular complexity index is 808. The van der Waals surface area contributed by atoms with Gasteiger partial charge in [-0.25, -0.2) is 4.79 Å². The lowest BCUT2D eigenvalue weighted by atomic mass is 10.1. The Hall–Kier alpha value is -2.34. The van der Waals surface area contributed by atoms with Crippen LogP contribution in [-0.2, 0) is 11.0 Å². The molecular formula is C16H14BrF6N3O2. The number of halogens is 7. The smallest absolute Gasteiger partial charge is 0.475 e. The molecule has 154 valence electrons. The molecule has 1 unspecified atom stereocenters. The number of rotatable bonds is 3. The number of nitrogens with two attached hydrogens (primary N) is 1. The molecule has 1 aromatic heterocycles. The van der Waals surface area contributed by atoms with Gasteiger partial charge in [0.2, 0.25) is 0 Å². The maximum Gasteiger partial charge on any atom is 0.490 e. The van der Waals surface area contributed by atoms with Crippen molar-refractivity contribution in [3.63, 3.8) is 0 Å². The van der Waals surface area contributed by atoms with Crippen LogP contribution in [0.5, 0.6) is 0 Å². The number of alkyl halides is 6. The molecule has 12 heteroatoms. The average Bonchev–Trinajstić information content (AvgIpc) is 2.55. The van der Waals surface area contributed by atoms with Gasteiger partial charge in [0.05, 0.1) is 28.8 Å². The number of carboxylic acid groups (broad SMARTS) is 1. The average molecular weight is 474 g/mol. The molecule has 0 saturated heterocycles. The Kier molecular flexibility index (Phi) is 7.82. The van der Waals surface area contributed by atoms with Gasteiger partial charge >= 0.3 is 18.3 Å². The highest BCUT2D eigenvalue weighted by Crippen LogP contribution is 2.37. The fourth-order valence-electron chi connectivity index (χ4n) is 1.76. The fraction of sp³-hybridized carbons (Fsp3) is 0.250. The minimum atomic E-state index is -5.08. The van der Waals surface area contributed by atoms with Crippen molar-refractivity contribution in [1.29, 1.82) is 0 Å². The van der Waals surface area contributed by atoms with E-state index in [2.05, 4.69) is 26.2 Å². The first-order valence-electron chi connectivity index (χ1n) is 7.37. The molecule has 0 fully saturated rings. The molecule has 1 atom stereocenters. The lowest BCUT2D eigenvalue weighted by Gasteiger charge is -2.15. The Balaban J connectivity index is 0.000000480. The van der Waals surface area contributed by atoms with Gasteiger partial charge in [0, 0.05) is 10.5 Å². The van der Waals surface area contributed by atoms with E-state index in [1.807, 2.05) is 0 Å². The fourth-order valence-corrected chi connectivity index (χ4v) is 2.13. The SMILES string of the molecule is CC(N)c1ccc(Nc2ccc(Br)cc2C(F)(F)F)cn1.O=C(O)C(F)(F)F. The van der Waals surface area contributed by atoms with Crippen LogP contribution in [0.1, 0.15) is 24.2 Å². The van der Waals surface area contributed by atoms with Crippen LogP contribution in [0.3, 0.4) is 0 Å². The zero-order valence-electron chi connectivity index (χ0n) is 14.1. The number of hydrogen-bond acceptors (Lipinski definition) is 4. The summed E-state index contributed by atoms with van der Waals surface area (Å²) in [7, 11) is 0. The first-order chi connectivity index (χ1) is 12.7. The predicted octanol–water partition coefficient (Wildman–Crippen LogP) is 5.26. The van der Waals surface area contributed by atoms with Gasteiger partial charge in [-0.15, -0.1) is 0 Å². The molecule has 5 nitrogen and oxygen atoms in total. The lowest BCUT2D eigenvalue weighted by Crippen LogP contribution is -2.21. The number of pyridine rings is 1. The number of benzene rings is 1. The molecule has 0 aliphatic carbocycles. The van der Waals surface area contributed by atoms with Crippen molar-refractivity contribution in [3.05, 3.63) is 52.3 Å². The molecule has 1 aromatic carbocycles. The summed E-state index contributed by atoms with van der Waals surface area (Å²) in [5.41, 5.74) is 6.05. The second-order valence-corrected chi connectivity index (χ2v) is 6.29. The summed E-state index contributed by atoms with van der Waals surface area (Å²) in [5, 5.41) is 9.85. The number of nitrogens with zero attached hydrogens (tertiary/aromatic N) is 1. The van der Waals surface area contributed by atoms with Gasteiger partial charge in [0.25, 0.3) is 0 Å². The third-order valence-corrected chi connectivity index (χ3v) is 3.55. The van der Waals surface area contributed by atoms with E-state index in [0.717, 1.165) is 6.07 Å². The van der Waals surface area contributed by atoms with Crippen LogP contribution in [0.15, 0.2) is 41.0 Å². The van der Waals surface area contributed by atoms with Gasteiger partial charge in [-0.1, -0.05) is 15.9 Å². The summed E-state index contributed by atoms with van der Waals surface area (Å²) in [6.45, 7) is 1.78. The second-order valence-electron chi connectivity index (χ2n) is 5.38. The molecule has 2 aromatic rings. The first-order valence-corrected chi connectivity index (χ1v) is 8.16. The Morgan fingerprint density at radius 2 is 1.75 bits per heavy atom. The Morgan fingerprint density at radius 3 is 2.14 bits per heavy atom. The standard InChI is InChI=1S/C14H13BrF3N3.C2HF3O2/c1-8(19)12-5-3-10(7-20-12)21-13-4-2-9(15)6-11(13)14(16,17)18;3-2(4,5)1(6)7/h2-8,21H,19H2,1H3;(H,6,7). The summed E-state index contributed by atoms with van der Waals surface area (Å²) >= 11 is 3.05. The minimum Gasteiger partial charge on any atom is -0.475 e. The first kappa shape index (κ1) is 23.7. The topological polar surface area (TPSA) is 88.2 Å². The third-order valence-electron chi connectivity index (χ3n) is 3.06. The van der Waals surface area contributed by atoms with Gasteiger partial charge < -0.3 is 16.2 Å². The summed E-state index contributed by atoms with van der Waals surface area (Å²) < 4.78 is 71.1. The zero-order chi connectivity index (χ0) is 21.7. The van der Waals surface area contributed by atoms with Crippen molar-refractivity contribution in [3.8, 4) is 0 Å². The van der Waals surface area contributed by atoms with E-state index < -0.39 is 23.9 Å². The molecular weight excluding hydrogens is 460 g/mol. The molecule has 0 bridgehead atoms. The van der Waals surface area contributed by atoms with Crippen LogP contribution >= 0.6 is 15.9 Å². The van der Waals surface area contributed by atoms with Crippen LogP contribution in [0.4, 0.5) is 37.7 Å². The molecule has 0 radical (unpaired) electrons. The lowest BCUT2D eigenvalue weighted by molar-refractivity contribution is -0.192. The highest BCUT2D eigenvalue weighted by Gasteiger charge is 2.38. The number of carboxylic acids is 1. The largest absolute Gasteiger partial charge is 0.490 e. The highest BCUT2D eigenvalue weighted by atomic mass is 79.9. The number of anilines is 2. The summed E-state index contributed by atoms with van der Waals surface area (Å²) in [6.07, 6.45) is -8.06. The quantitative estimate of drug-likeness (QED) is 0.529. The molecule has 0 aliphatic heterocycles. The summed E-state index contributed by atoms with van der Waals surface area (Å²) in [5.74, 6) is -2.76. The number of nitrogens with one attached hydrogen (secondary N) is 1. The molecule has 0 amide bonds. The molecule has 1 heterocycles. The van der Waals surface area contributed by atoms with E-state index >= 15 is 0 Å². The third kappa shape index (κ3) is 7.35. The van der Waals surface area contributed by atoms with Gasteiger partial charge in [0.15, 0.2) is 0 Å². The van der Waals surface area contributed by atoms with Crippen LogP contribution in [0.2, 0.25) is 0 Å². The van der Waals surface area contributed by atoms with Gasteiger partial charge in [-0.3, -0.25) is 4.98 Å². The van der Waals surface area contributed by atoms with Crippen molar-refractivity contribution in [1.82, 2.24) is 4.98 Å². The molecule has 0 spiro atoms. The zero-order valence-corrected chi connectivity index (χ0v) is 15.7. The number of aliphatic carboxylic acids is 1. The molecule has 28 heavy (non-hydrogen) atoms. The van der Waals surface area contributed by atoms with E-state index in [9.17, 15) is 26.3 Å². The van der Waals surface area contributed by atoms with Gasteiger partial charge in [-0.05, 0) is 37.3 Å². The van der Waals surface area contributed by atoms with Gasteiger partial charge in [0.1, 0.15) is 0 Å². The van der Waals surface area contributed by atoms with Crippen molar-refractivity contribution in [2.24, 2.45) is 5.73 Å². The monoisotopic (exact) mass is 473 g/mol. The number of carbonyl (C=O) groups is 1.